The number of hydrogen-bond donors (Lipinski definition) is 2. The van der Waals surface area contributed by atoms with Gasteiger partial charge in [-0.1, -0.05) is 5.16 Å². The Morgan fingerprint density at radius 2 is 2.00 bits per heavy atom. The van der Waals surface area contributed by atoms with E-state index in [2.05, 4.69) is 48.8 Å². The van der Waals surface area contributed by atoms with Gasteiger partial charge in [0.25, 0.3) is 5.91 Å². The third-order valence-electron chi connectivity index (χ3n) is 5.96. The van der Waals surface area contributed by atoms with Crippen LogP contribution in [0.3, 0.4) is 0 Å². The van der Waals surface area contributed by atoms with Crippen LogP contribution in [0.4, 0.5) is 11.8 Å². The van der Waals surface area contributed by atoms with E-state index in [0.29, 0.717) is 42.9 Å². The molecule has 2 aliphatic heterocycles. The van der Waals surface area contributed by atoms with E-state index in [1.54, 1.807) is 6.07 Å². The largest absolute Gasteiger partial charge is 0.359 e. The smallest absolute Gasteiger partial charge is 0.276 e. The minimum atomic E-state index is -0.0950. The number of carbonyl (C=O) groups is 1. The maximum atomic E-state index is 12.6. The van der Waals surface area contributed by atoms with Gasteiger partial charge in [0.2, 0.25) is 5.95 Å². The molecule has 1 saturated heterocycles. The quantitative estimate of drug-likeness (QED) is 0.707. The minimum absolute atomic E-state index is 0.0950. The summed E-state index contributed by atoms with van der Waals surface area (Å²) in [4.78, 5) is 30.2. The third-order valence-corrected chi connectivity index (χ3v) is 5.96. The van der Waals surface area contributed by atoms with Crippen LogP contribution in [0.2, 0.25) is 0 Å². The number of carbonyl (C=O) groups excluding carboxylic acids is 1. The Kier molecular flexibility index (Phi) is 5.60. The molecule has 0 atom stereocenters. The van der Waals surface area contributed by atoms with Crippen molar-refractivity contribution in [3.8, 4) is 0 Å². The van der Waals surface area contributed by atoms with Crippen molar-refractivity contribution in [2.24, 2.45) is 10.9 Å². The fourth-order valence-electron chi connectivity index (χ4n) is 3.90. The van der Waals surface area contributed by atoms with Crippen LogP contribution in [0.5, 0.6) is 0 Å². The number of aromatic nitrogens is 3. The first-order chi connectivity index (χ1) is 15.5. The summed E-state index contributed by atoms with van der Waals surface area (Å²) < 4.78 is 5.36. The highest BCUT2D eigenvalue weighted by atomic mass is 16.5. The molecule has 0 bridgehead atoms. The topological polar surface area (TPSA) is 112 Å². The molecule has 168 valence electrons. The van der Waals surface area contributed by atoms with Gasteiger partial charge in [-0.05, 0) is 44.4 Å². The van der Waals surface area contributed by atoms with Crippen LogP contribution < -0.4 is 10.6 Å². The molecule has 10 heteroatoms. The molecule has 5 rings (SSSR count). The lowest BCUT2D eigenvalue weighted by atomic mass is 10.2. The Morgan fingerprint density at radius 1 is 1.19 bits per heavy atom. The first-order valence-corrected chi connectivity index (χ1v) is 11.1. The van der Waals surface area contributed by atoms with Crippen molar-refractivity contribution < 1.29 is 9.32 Å². The lowest BCUT2D eigenvalue weighted by molar-refractivity contribution is 0.0653. The minimum Gasteiger partial charge on any atom is -0.359 e. The number of anilines is 2. The Hall–Kier alpha value is -3.27. The lowest BCUT2D eigenvalue weighted by Gasteiger charge is -2.31. The molecule has 32 heavy (non-hydrogen) atoms. The Balaban J connectivity index is 1.19. The van der Waals surface area contributed by atoms with E-state index in [0.717, 1.165) is 37.1 Å². The molecule has 2 fully saturated rings. The normalized spacial score (nSPS) is 19.0. The fraction of sp³-hybridized carbons (Fsp3) is 0.500. The van der Waals surface area contributed by atoms with Gasteiger partial charge in [0.05, 0.1) is 13.1 Å². The Labute approximate surface area is 186 Å². The monoisotopic (exact) mass is 436 g/mol. The van der Waals surface area contributed by atoms with Gasteiger partial charge in [0.1, 0.15) is 11.7 Å². The fourth-order valence-corrected chi connectivity index (χ4v) is 3.90. The van der Waals surface area contributed by atoms with Gasteiger partial charge in [0, 0.05) is 44.0 Å². The molecular formula is C22H28N8O2. The SMILES string of the molecule is Cc1cc(NC2=NCC(C3CC3)=C2)nc(NCc2cc(C(=O)N3CCN(C)CC3)no2)n1. The molecule has 2 aromatic rings. The number of amidine groups is 1. The first-order valence-electron chi connectivity index (χ1n) is 11.1. The second kappa shape index (κ2) is 8.70. The Bertz CT molecular complexity index is 1060. The molecule has 0 radical (unpaired) electrons. The van der Waals surface area contributed by atoms with E-state index in [9.17, 15) is 4.79 Å². The number of amides is 1. The van der Waals surface area contributed by atoms with Gasteiger partial charge in [-0.2, -0.15) is 4.98 Å². The molecule has 10 nitrogen and oxygen atoms in total. The summed E-state index contributed by atoms with van der Waals surface area (Å²) in [5, 5.41) is 10.4. The molecule has 1 aliphatic carbocycles. The van der Waals surface area contributed by atoms with E-state index in [-0.39, 0.29) is 5.91 Å². The van der Waals surface area contributed by atoms with E-state index in [1.165, 1.54) is 18.4 Å². The zero-order valence-corrected chi connectivity index (χ0v) is 18.5. The second-order valence-electron chi connectivity index (χ2n) is 8.67. The van der Waals surface area contributed by atoms with Crippen molar-refractivity contribution in [1.82, 2.24) is 24.9 Å². The summed E-state index contributed by atoms with van der Waals surface area (Å²) in [6, 6.07) is 3.57. The van der Waals surface area contributed by atoms with Gasteiger partial charge in [-0.25, -0.2) is 4.98 Å². The number of aliphatic imine (C=N–C) groups is 1. The van der Waals surface area contributed by atoms with Crippen molar-refractivity contribution in [2.75, 3.05) is 50.4 Å². The number of rotatable bonds is 6. The average molecular weight is 437 g/mol. The van der Waals surface area contributed by atoms with Crippen molar-refractivity contribution in [3.63, 3.8) is 0 Å². The maximum Gasteiger partial charge on any atom is 0.276 e. The molecule has 0 spiro atoms. The average Bonchev–Trinajstić information content (AvgIpc) is 3.34. The predicted octanol–water partition coefficient (Wildman–Crippen LogP) is 1.93. The summed E-state index contributed by atoms with van der Waals surface area (Å²) in [5.74, 6) is 3.19. The van der Waals surface area contributed by atoms with Crippen LogP contribution in [0.1, 0.15) is 34.8 Å². The summed E-state index contributed by atoms with van der Waals surface area (Å²) in [6.45, 7) is 6.16. The molecule has 1 amide bonds. The van der Waals surface area contributed by atoms with Gasteiger partial charge >= 0.3 is 0 Å². The van der Waals surface area contributed by atoms with Crippen LogP contribution >= 0.6 is 0 Å². The molecule has 2 aromatic heterocycles. The zero-order valence-electron chi connectivity index (χ0n) is 18.5. The van der Waals surface area contributed by atoms with Gasteiger partial charge in [-0.3, -0.25) is 9.79 Å². The highest BCUT2D eigenvalue weighted by molar-refractivity contribution is 6.05. The van der Waals surface area contributed by atoms with Crippen molar-refractivity contribution in [2.45, 2.75) is 26.3 Å². The zero-order chi connectivity index (χ0) is 22.1. The highest BCUT2D eigenvalue weighted by Crippen LogP contribution is 2.37. The van der Waals surface area contributed by atoms with Crippen LogP contribution in [-0.2, 0) is 6.54 Å². The molecule has 0 unspecified atom stereocenters. The summed E-state index contributed by atoms with van der Waals surface area (Å²) in [7, 11) is 2.05. The molecule has 0 aromatic carbocycles. The van der Waals surface area contributed by atoms with Gasteiger partial charge in [-0.15, -0.1) is 0 Å². The number of aryl methyl sites for hydroxylation is 1. The number of nitrogens with one attached hydrogen (secondary N) is 2. The van der Waals surface area contributed by atoms with E-state index in [1.807, 2.05) is 17.9 Å². The Morgan fingerprint density at radius 3 is 2.78 bits per heavy atom. The lowest BCUT2D eigenvalue weighted by Crippen LogP contribution is -2.47. The molecule has 4 heterocycles. The van der Waals surface area contributed by atoms with Crippen LogP contribution in [0, 0.1) is 12.8 Å². The van der Waals surface area contributed by atoms with Gasteiger partial charge < -0.3 is 25.0 Å². The molecule has 1 saturated carbocycles. The van der Waals surface area contributed by atoms with E-state index >= 15 is 0 Å². The van der Waals surface area contributed by atoms with Crippen molar-refractivity contribution in [3.05, 3.63) is 40.9 Å². The van der Waals surface area contributed by atoms with Crippen LogP contribution in [0.25, 0.3) is 0 Å². The molecule has 2 N–H and O–H groups in total. The summed E-state index contributed by atoms with van der Waals surface area (Å²) in [5.41, 5.74) is 2.57. The maximum absolute atomic E-state index is 12.6. The summed E-state index contributed by atoms with van der Waals surface area (Å²) >= 11 is 0. The second-order valence-corrected chi connectivity index (χ2v) is 8.67. The number of nitrogens with zero attached hydrogens (tertiary/aromatic N) is 6. The van der Waals surface area contributed by atoms with E-state index in [4.69, 9.17) is 4.52 Å². The standard InChI is InChI=1S/C22H28N8O2/c1-14-9-20(26-19-10-16(12-23-19)15-3-4-15)27-22(25-14)24-13-17-11-18(28-32-17)21(31)30-7-5-29(2)6-8-30/h9-11,15H,3-8,12-13H2,1-2H3,(H2,23,24,25,26,27). The van der Waals surface area contributed by atoms with Crippen molar-refractivity contribution >= 4 is 23.5 Å². The van der Waals surface area contributed by atoms with Crippen LogP contribution in [-0.4, -0.2) is 76.4 Å². The molecular weight excluding hydrogens is 408 g/mol. The third kappa shape index (κ3) is 4.80. The first kappa shape index (κ1) is 20.6. The molecule has 3 aliphatic rings. The van der Waals surface area contributed by atoms with E-state index < -0.39 is 0 Å². The van der Waals surface area contributed by atoms with Gasteiger partial charge in [0.15, 0.2) is 11.5 Å². The summed E-state index contributed by atoms with van der Waals surface area (Å²) in [6.07, 6.45) is 4.69. The van der Waals surface area contributed by atoms with Crippen molar-refractivity contribution in [1.29, 1.82) is 0 Å². The number of likely N-dealkylation sites (N-methyl/N-ethyl adjacent to an activating group) is 1. The number of piperazine rings is 1. The number of hydrogen-bond acceptors (Lipinski definition) is 9. The van der Waals surface area contributed by atoms with Crippen LogP contribution in [0.15, 0.2) is 33.3 Å². The highest BCUT2D eigenvalue weighted by Gasteiger charge is 2.28. The predicted molar refractivity (Wildman–Crippen MR) is 121 cm³/mol.